The predicted octanol–water partition coefficient (Wildman–Crippen LogP) is 4.15. The van der Waals surface area contributed by atoms with Crippen LogP contribution in [0.2, 0.25) is 0 Å². The van der Waals surface area contributed by atoms with Crippen molar-refractivity contribution in [3.05, 3.63) is 83.3 Å². The lowest BCUT2D eigenvalue weighted by Crippen LogP contribution is -2.15. The maximum Gasteiger partial charge on any atom is 0.226 e. The van der Waals surface area contributed by atoms with Crippen LogP contribution in [0.5, 0.6) is 5.75 Å². The molecule has 30 heavy (non-hydrogen) atoms. The van der Waals surface area contributed by atoms with Crippen LogP contribution in [-0.2, 0) is 24.2 Å². The maximum absolute atomic E-state index is 12.5. The SMILES string of the molecule is O=C(CCC(=O)c1ccc2c(c1)CCC2)Nc1ncccc1OCc1ccncc1. The van der Waals surface area contributed by atoms with E-state index in [2.05, 4.69) is 15.3 Å². The third-order valence-electron chi connectivity index (χ3n) is 5.17. The number of aromatic nitrogens is 2. The molecule has 0 saturated heterocycles. The number of Topliss-reactive ketones (excluding diaryl/α,β-unsaturated/α-hetero) is 1. The van der Waals surface area contributed by atoms with Gasteiger partial charge in [0, 0.05) is 37.0 Å². The third-order valence-corrected chi connectivity index (χ3v) is 5.17. The van der Waals surface area contributed by atoms with Crippen LogP contribution < -0.4 is 10.1 Å². The topological polar surface area (TPSA) is 81.2 Å². The van der Waals surface area contributed by atoms with Gasteiger partial charge in [0.05, 0.1) is 0 Å². The average molecular weight is 401 g/mol. The van der Waals surface area contributed by atoms with Crippen molar-refractivity contribution < 1.29 is 14.3 Å². The number of carbonyl (C=O) groups excluding carboxylic acids is 2. The quantitative estimate of drug-likeness (QED) is 0.574. The van der Waals surface area contributed by atoms with Gasteiger partial charge in [-0.2, -0.15) is 0 Å². The highest BCUT2D eigenvalue weighted by Crippen LogP contribution is 2.24. The molecule has 1 N–H and O–H groups in total. The number of hydrogen-bond donors (Lipinski definition) is 1. The van der Waals surface area contributed by atoms with Crippen LogP contribution in [0.3, 0.4) is 0 Å². The number of ether oxygens (including phenoxy) is 1. The summed E-state index contributed by atoms with van der Waals surface area (Å²) in [6, 6.07) is 13.1. The monoisotopic (exact) mass is 401 g/mol. The van der Waals surface area contributed by atoms with Gasteiger partial charge in [-0.15, -0.1) is 0 Å². The fourth-order valence-corrected chi connectivity index (χ4v) is 3.55. The highest BCUT2D eigenvalue weighted by atomic mass is 16.5. The number of pyridine rings is 2. The summed E-state index contributed by atoms with van der Waals surface area (Å²) in [5, 5.41) is 2.76. The number of hydrogen-bond acceptors (Lipinski definition) is 5. The van der Waals surface area contributed by atoms with E-state index in [0.717, 1.165) is 24.8 Å². The van der Waals surface area contributed by atoms with Crippen LogP contribution in [0.4, 0.5) is 5.82 Å². The van der Waals surface area contributed by atoms with E-state index in [9.17, 15) is 9.59 Å². The summed E-state index contributed by atoms with van der Waals surface area (Å²) in [5.74, 6) is 0.543. The van der Waals surface area contributed by atoms with E-state index < -0.39 is 0 Å². The van der Waals surface area contributed by atoms with E-state index in [1.165, 1.54) is 11.1 Å². The Bertz CT molecular complexity index is 1050. The molecule has 0 radical (unpaired) electrons. The van der Waals surface area contributed by atoms with Crippen LogP contribution in [0.15, 0.2) is 61.1 Å². The number of anilines is 1. The molecule has 0 spiro atoms. The molecule has 6 nitrogen and oxygen atoms in total. The lowest BCUT2D eigenvalue weighted by Gasteiger charge is -2.11. The highest BCUT2D eigenvalue weighted by Gasteiger charge is 2.16. The third kappa shape index (κ3) is 4.89. The molecule has 1 amide bonds. The summed E-state index contributed by atoms with van der Waals surface area (Å²) in [7, 11) is 0. The Hall–Kier alpha value is -3.54. The van der Waals surface area contributed by atoms with Crippen molar-refractivity contribution in [2.75, 3.05) is 5.32 Å². The Balaban J connectivity index is 1.32. The minimum absolute atomic E-state index is 0.0185. The van der Waals surface area contributed by atoms with Gasteiger partial charge in [0.2, 0.25) is 5.91 Å². The van der Waals surface area contributed by atoms with Crippen molar-refractivity contribution >= 4 is 17.5 Å². The second-order valence-electron chi connectivity index (χ2n) is 7.30. The summed E-state index contributed by atoms with van der Waals surface area (Å²) in [4.78, 5) is 33.1. The number of aryl methyl sites for hydroxylation is 2. The fraction of sp³-hybridized carbons (Fsp3) is 0.250. The number of nitrogens with zero attached hydrogens (tertiary/aromatic N) is 2. The van der Waals surface area contributed by atoms with E-state index in [1.54, 1.807) is 30.7 Å². The number of amides is 1. The molecule has 2 aromatic heterocycles. The van der Waals surface area contributed by atoms with E-state index in [4.69, 9.17) is 4.74 Å². The molecule has 1 aromatic carbocycles. The van der Waals surface area contributed by atoms with Crippen molar-refractivity contribution in [2.24, 2.45) is 0 Å². The molecule has 4 rings (SSSR count). The van der Waals surface area contributed by atoms with E-state index in [-0.39, 0.29) is 24.5 Å². The van der Waals surface area contributed by atoms with Gasteiger partial charge in [-0.1, -0.05) is 12.1 Å². The first-order chi connectivity index (χ1) is 14.7. The molecule has 3 aromatic rings. The molecule has 0 atom stereocenters. The number of benzene rings is 1. The molecule has 0 unspecified atom stereocenters. The minimum atomic E-state index is -0.267. The van der Waals surface area contributed by atoms with Gasteiger partial charge >= 0.3 is 0 Å². The van der Waals surface area contributed by atoms with Gasteiger partial charge in [-0.05, 0) is 66.3 Å². The molecular weight excluding hydrogens is 378 g/mol. The first kappa shape index (κ1) is 19.8. The molecule has 1 aliphatic carbocycles. The van der Waals surface area contributed by atoms with Crippen LogP contribution in [0, 0.1) is 0 Å². The zero-order chi connectivity index (χ0) is 20.8. The Kier molecular flexibility index (Phi) is 6.13. The zero-order valence-corrected chi connectivity index (χ0v) is 16.6. The van der Waals surface area contributed by atoms with Crippen LogP contribution in [0.25, 0.3) is 0 Å². The summed E-state index contributed by atoms with van der Waals surface area (Å²) in [5.41, 5.74) is 4.24. The Morgan fingerprint density at radius 2 is 1.80 bits per heavy atom. The summed E-state index contributed by atoms with van der Waals surface area (Å²) >= 11 is 0. The molecule has 1 aliphatic rings. The van der Waals surface area contributed by atoms with Crippen molar-refractivity contribution in [2.45, 2.75) is 38.7 Å². The largest absolute Gasteiger partial charge is 0.485 e. The second-order valence-corrected chi connectivity index (χ2v) is 7.30. The number of fused-ring (bicyclic) bond motifs is 1. The Morgan fingerprint density at radius 3 is 2.67 bits per heavy atom. The van der Waals surface area contributed by atoms with Crippen molar-refractivity contribution in [1.29, 1.82) is 0 Å². The van der Waals surface area contributed by atoms with E-state index >= 15 is 0 Å². The summed E-state index contributed by atoms with van der Waals surface area (Å²) in [6.07, 6.45) is 8.49. The fourth-order valence-electron chi connectivity index (χ4n) is 3.55. The van der Waals surface area contributed by atoms with Gasteiger partial charge in [0.25, 0.3) is 0 Å². The predicted molar refractivity (Wildman–Crippen MR) is 113 cm³/mol. The van der Waals surface area contributed by atoms with Gasteiger partial charge in [0.1, 0.15) is 6.61 Å². The average Bonchev–Trinajstić information content (AvgIpc) is 3.25. The summed E-state index contributed by atoms with van der Waals surface area (Å²) in [6.45, 7) is 0.341. The minimum Gasteiger partial charge on any atom is -0.485 e. The molecule has 152 valence electrons. The van der Waals surface area contributed by atoms with Crippen molar-refractivity contribution in [1.82, 2.24) is 9.97 Å². The molecule has 0 aliphatic heterocycles. The van der Waals surface area contributed by atoms with E-state index in [1.807, 2.05) is 30.3 Å². The van der Waals surface area contributed by atoms with Gasteiger partial charge in [-0.3, -0.25) is 14.6 Å². The normalized spacial score (nSPS) is 12.3. The molecule has 2 heterocycles. The van der Waals surface area contributed by atoms with Gasteiger partial charge < -0.3 is 10.1 Å². The standard InChI is InChI=1S/C24H23N3O3/c28-21(20-7-6-18-3-1-4-19(18)15-20)8-9-23(29)27-24-22(5-2-12-26-24)30-16-17-10-13-25-14-11-17/h2,5-7,10-15H,1,3-4,8-9,16H2,(H,26,27,29). The first-order valence-electron chi connectivity index (χ1n) is 10.1. The summed E-state index contributed by atoms with van der Waals surface area (Å²) < 4.78 is 5.79. The molecule has 0 bridgehead atoms. The van der Waals surface area contributed by atoms with Gasteiger partial charge in [-0.25, -0.2) is 4.98 Å². The molecule has 0 saturated carbocycles. The van der Waals surface area contributed by atoms with E-state index in [0.29, 0.717) is 23.7 Å². The molecule has 6 heteroatoms. The van der Waals surface area contributed by atoms with Crippen LogP contribution in [-0.4, -0.2) is 21.7 Å². The van der Waals surface area contributed by atoms with Crippen molar-refractivity contribution in [3.63, 3.8) is 0 Å². The number of carbonyl (C=O) groups is 2. The van der Waals surface area contributed by atoms with Crippen molar-refractivity contribution in [3.8, 4) is 5.75 Å². The van der Waals surface area contributed by atoms with Crippen LogP contribution >= 0.6 is 0 Å². The Morgan fingerprint density at radius 1 is 0.967 bits per heavy atom. The first-order valence-corrected chi connectivity index (χ1v) is 10.1. The smallest absolute Gasteiger partial charge is 0.226 e. The second kappa shape index (κ2) is 9.31. The molecule has 0 fully saturated rings. The zero-order valence-electron chi connectivity index (χ0n) is 16.6. The number of nitrogens with one attached hydrogen (secondary N) is 1. The highest BCUT2D eigenvalue weighted by molar-refractivity contribution is 6.00. The maximum atomic E-state index is 12.5. The number of rotatable bonds is 8. The number of ketones is 1. The molecular formula is C24H23N3O3. The van der Waals surface area contributed by atoms with Gasteiger partial charge in [0.15, 0.2) is 17.4 Å². The lowest BCUT2D eigenvalue weighted by molar-refractivity contribution is -0.116. The van der Waals surface area contributed by atoms with Crippen LogP contribution in [0.1, 0.15) is 46.3 Å². The lowest BCUT2D eigenvalue weighted by atomic mass is 10.0. The Labute approximate surface area is 175 Å².